The van der Waals surface area contributed by atoms with Crippen LogP contribution in [0.15, 0.2) is 12.4 Å². The third-order valence-corrected chi connectivity index (χ3v) is 2.14. The molecule has 0 saturated carbocycles. The predicted octanol–water partition coefficient (Wildman–Crippen LogP) is -0.613. The van der Waals surface area contributed by atoms with Gasteiger partial charge >= 0.3 is 0 Å². The monoisotopic (exact) mass is 207 g/mol. The molecule has 1 fully saturated rings. The summed E-state index contributed by atoms with van der Waals surface area (Å²) in [5.74, 6) is 0.0171. The Kier molecular flexibility index (Phi) is 2.42. The van der Waals surface area contributed by atoms with Gasteiger partial charge in [-0.1, -0.05) is 0 Å². The SMILES string of the molecule is O=Cc1cnc(N2CC(O)CC2=O)nc1. The number of carbonyl (C=O) groups is 2. The van der Waals surface area contributed by atoms with Gasteiger partial charge in [-0.3, -0.25) is 14.5 Å². The average molecular weight is 207 g/mol. The first-order valence-electron chi connectivity index (χ1n) is 4.46. The number of anilines is 1. The molecule has 0 bridgehead atoms. The van der Waals surface area contributed by atoms with E-state index in [-0.39, 0.29) is 24.8 Å². The summed E-state index contributed by atoms with van der Waals surface area (Å²) < 4.78 is 0. The zero-order valence-corrected chi connectivity index (χ0v) is 7.83. The third kappa shape index (κ3) is 1.84. The van der Waals surface area contributed by atoms with E-state index in [4.69, 9.17) is 0 Å². The molecule has 1 N–H and O–H groups in total. The summed E-state index contributed by atoms with van der Waals surface area (Å²) in [4.78, 5) is 30.8. The van der Waals surface area contributed by atoms with Crippen molar-refractivity contribution in [3.63, 3.8) is 0 Å². The molecule has 2 rings (SSSR count). The van der Waals surface area contributed by atoms with Crippen LogP contribution in [0.5, 0.6) is 0 Å². The van der Waals surface area contributed by atoms with E-state index in [2.05, 4.69) is 9.97 Å². The van der Waals surface area contributed by atoms with Crippen LogP contribution in [0.25, 0.3) is 0 Å². The molecule has 78 valence electrons. The zero-order valence-electron chi connectivity index (χ0n) is 7.83. The maximum absolute atomic E-state index is 11.4. The van der Waals surface area contributed by atoms with Gasteiger partial charge in [0.05, 0.1) is 24.6 Å². The molecule has 1 atom stereocenters. The Hall–Kier alpha value is -1.82. The van der Waals surface area contributed by atoms with Crippen molar-refractivity contribution in [2.75, 3.05) is 11.4 Å². The summed E-state index contributed by atoms with van der Waals surface area (Å²) in [6, 6.07) is 0. The maximum atomic E-state index is 11.4. The van der Waals surface area contributed by atoms with Crippen molar-refractivity contribution in [3.05, 3.63) is 18.0 Å². The number of nitrogens with zero attached hydrogens (tertiary/aromatic N) is 3. The molecule has 1 aromatic heterocycles. The smallest absolute Gasteiger partial charge is 0.232 e. The van der Waals surface area contributed by atoms with Gasteiger partial charge in [0.2, 0.25) is 11.9 Å². The lowest BCUT2D eigenvalue weighted by molar-refractivity contribution is -0.117. The van der Waals surface area contributed by atoms with Gasteiger partial charge in [0.1, 0.15) is 0 Å². The normalized spacial score (nSPS) is 20.7. The Morgan fingerprint density at radius 2 is 2.13 bits per heavy atom. The molecule has 1 amide bonds. The average Bonchev–Trinajstić information content (AvgIpc) is 2.58. The van der Waals surface area contributed by atoms with Gasteiger partial charge in [0.15, 0.2) is 6.29 Å². The van der Waals surface area contributed by atoms with E-state index < -0.39 is 6.10 Å². The molecule has 1 saturated heterocycles. The van der Waals surface area contributed by atoms with E-state index in [9.17, 15) is 14.7 Å². The van der Waals surface area contributed by atoms with E-state index in [0.29, 0.717) is 11.8 Å². The van der Waals surface area contributed by atoms with Gasteiger partial charge in [-0.05, 0) is 0 Å². The number of aldehydes is 1. The van der Waals surface area contributed by atoms with E-state index >= 15 is 0 Å². The first-order chi connectivity index (χ1) is 7.20. The highest BCUT2D eigenvalue weighted by atomic mass is 16.3. The summed E-state index contributed by atoms with van der Waals surface area (Å²) in [6.07, 6.45) is 2.75. The summed E-state index contributed by atoms with van der Waals surface area (Å²) in [7, 11) is 0. The van der Waals surface area contributed by atoms with Gasteiger partial charge < -0.3 is 5.11 Å². The van der Waals surface area contributed by atoms with E-state index in [1.54, 1.807) is 0 Å². The van der Waals surface area contributed by atoms with Crippen molar-refractivity contribution in [1.29, 1.82) is 0 Å². The van der Waals surface area contributed by atoms with Crippen LogP contribution in [0.2, 0.25) is 0 Å². The predicted molar refractivity (Wildman–Crippen MR) is 50.4 cm³/mol. The van der Waals surface area contributed by atoms with Crippen LogP contribution in [0, 0.1) is 0 Å². The molecule has 15 heavy (non-hydrogen) atoms. The van der Waals surface area contributed by atoms with E-state index in [1.165, 1.54) is 17.3 Å². The highest BCUT2D eigenvalue weighted by Crippen LogP contribution is 2.16. The molecular formula is C9H9N3O3. The van der Waals surface area contributed by atoms with Gasteiger partial charge in [-0.2, -0.15) is 0 Å². The van der Waals surface area contributed by atoms with Crippen LogP contribution in [-0.4, -0.2) is 39.9 Å². The van der Waals surface area contributed by atoms with Crippen molar-refractivity contribution < 1.29 is 14.7 Å². The lowest BCUT2D eigenvalue weighted by Crippen LogP contribution is -2.27. The highest BCUT2D eigenvalue weighted by molar-refractivity contribution is 5.94. The van der Waals surface area contributed by atoms with E-state index in [0.717, 1.165) is 0 Å². The van der Waals surface area contributed by atoms with Crippen LogP contribution < -0.4 is 4.90 Å². The number of hydrogen-bond acceptors (Lipinski definition) is 5. The van der Waals surface area contributed by atoms with Crippen molar-refractivity contribution >= 4 is 18.1 Å². The summed E-state index contributed by atoms with van der Waals surface area (Å²) in [5.41, 5.74) is 0.353. The molecular weight excluding hydrogens is 198 g/mol. The minimum Gasteiger partial charge on any atom is -0.391 e. The first-order valence-corrected chi connectivity index (χ1v) is 4.46. The summed E-state index contributed by atoms with van der Waals surface area (Å²) in [6.45, 7) is 0.208. The second-order valence-corrected chi connectivity index (χ2v) is 3.30. The van der Waals surface area contributed by atoms with Crippen LogP contribution >= 0.6 is 0 Å². The second-order valence-electron chi connectivity index (χ2n) is 3.30. The Morgan fingerprint density at radius 1 is 1.47 bits per heavy atom. The molecule has 0 spiro atoms. The van der Waals surface area contributed by atoms with Crippen LogP contribution in [0.3, 0.4) is 0 Å². The standard InChI is InChI=1S/C9H9N3O3/c13-5-6-2-10-9(11-3-6)12-4-7(14)1-8(12)15/h2-3,5,7,14H,1,4H2. The summed E-state index contributed by atoms with van der Waals surface area (Å²) in [5, 5.41) is 9.26. The number of hydrogen-bond donors (Lipinski definition) is 1. The molecule has 6 nitrogen and oxygen atoms in total. The number of aromatic nitrogens is 2. The Labute approximate surface area is 85.6 Å². The topological polar surface area (TPSA) is 83.4 Å². The fraction of sp³-hybridized carbons (Fsp3) is 0.333. The largest absolute Gasteiger partial charge is 0.391 e. The lowest BCUT2D eigenvalue weighted by atomic mass is 10.3. The quantitative estimate of drug-likeness (QED) is 0.654. The lowest BCUT2D eigenvalue weighted by Gasteiger charge is -2.12. The van der Waals surface area contributed by atoms with Crippen LogP contribution in [-0.2, 0) is 4.79 Å². The van der Waals surface area contributed by atoms with Gasteiger partial charge in [-0.25, -0.2) is 9.97 Å². The molecule has 1 unspecified atom stereocenters. The highest BCUT2D eigenvalue weighted by Gasteiger charge is 2.30. The number of amides is 1. The molecule has 0 aromatic carbocycles. The molecule has 0 radical (unpaired) electrons. The molecule has 1 aliphatic heterocycles. The minimum absolute atomic E-state index is 0.0960. The Bertz CT molecular complexity index is 390. The van der Waals surface area contributed by atoms with Gasteiger partial charge in [-0.15, -0.1) is 0 Å². The number of carbonyl (C=O) groups excluding carboxylic acids is 2. The van der Waals surface area contributed by atoms with Gasteiger partial charge in [0, 0.05) is 12.4 Å². The van der Waals surface area contributed by atoms with Crippen LogP contribution in [0.4, 0.5) is 5.95 Å². The molecule has 0 aliphatic carbocycles. The van der Waals surface area contributed by atoms with Crippen molar-refractivity contribution in [2.24, 2.45) is 0 Å². The number of rotatable bonds is 2. The number of aliphatic hydroxyl groups excluding tert-OH is 1. The molecule has 1 aromatic rings. The van der Waals surface area contributed by atoms with Crippen molar-refractivity contribution in [3.8, 4) is 0 Å². The molecule has 1 aliphatic rings. The summed E-state index contributed by atoms with van der Waals surface area (Å²) >= 11 is 0. The second kappa shape index (κ2) is 3.74. The minimum atomic E-state index is -0.660. The molecule has 2 heterocycles. The fourth-order valence-electron chi connectivity index (χ4n) is 1.41. The Balaban J connectivity index is 2.22. The maximum Gasteiger partial charge on any atom is 0.232 e. The molecule has 6 heteroatoms. The van der Waals surface area contributed by atoms with E-state index in [1.807, 2.05) is 0 Å². The Morgan fingerprint density at radius 3 is 2.60 bits per heavy atom. The number of aliphatic hydroxyl groups is 1. The van der Waals surface area contributed by atoms with Crippen molar-refractivity contribution in [1.82, 2.24) is 9.97 Å². The van der Waals surface area contributed by atoms with Crippen molar-refractivity contribution in [2.45, 2.75) is 12.5 Å². The first kappa shape index (κ1) is 9.72. The third-order valence-electron chi connectivity index (χ3n) is 2.14. The fourth-order valence-corrected chi connectivity index (χ4v) is 1.41. The number of β-amino-alcohol motifs (C(OH)–C–C–N with tert-alkyl or cyclic N) is 1. The van der Waals surface area contributed by atoms with Gasteiger partial charge in [0.25, 0.3) is 0 Å². The zero-order chi connectivity index (χ0) is 10.8. The van der Waals surface area contributed by atoms with Crippen LogP contribution in [0.1, 0.15) is 16.8 Å².